The molecule has 2 amide bonds. The lowest BCUT2D eigenvalue weighted by molar-refractivity contribution is -0.136. The molecule has 0 bridgehead atoms. The number of urea groups is 1. The average molecular weight is 703 g/mol. The number of amides is 2. The number of halogens is 2. The molecule has 49 heavy (non-hydrogen) atoms. The van der Waals surface area contributed by atoms with Crippen molar-refractivity contribution in [1.82, 2.24) is 20.1 Å². The van der Waals surface area contributed by atoms with Gasteiger partial charge in [-0.25, -0.2) is 19.0 Å². The summed E-state index contributed by atoms with van der Waals surface area (Å²) in [6, 6.07) is 17.6. The minimum atomic E-state index is -0.854. The van der Waals surface area contributed by atoms with Crippen molar-refractivity contribution >= 4 is 46.5 Å². The zero-order chi connectivity index (χ0) is 34.1. The normalized spacial score (nSPS) is 19.4. The van der Waals surface area contributed by atoms with Gasteiger partial charge in [0.1, 0.15) is 23.4 Å². The highest BCUT2D eigenvalue weighted by atomic mass is 35.5. The van der Waals surface area contributed by atoms with Gasteiger partial charge >= 0.3 is 12.0 Å². The smallest absolute Gasteiger partial charge is 0.338 e. The van der Waals surface area contributed by atoms with Gasteiger partial charge in [0.05, 0.1) is 25.3 Å². The van der Waals surface area contributed by atoms with E-state index in [4.69, 9.17) is 26.1 Å². The molecule has 1 aromatic heterocycles. The molecule has 2 fully saturated rings. The van der Waals surface area contributed by atoms with Crippen LogP contribution in [-0.2, 0) is 16.1 Å². The molecule has 0 saturated carbocycles. The van der Waals surface area contributed by atoms with Crippen LogP contribution < -0.4 is 15.0 Å². The van der Waals surface area contributed by atoms with E-state index in [1.165, 1.54) is 36.6 Å². The largest absolute Gasteiger partial charge is 0.466 e. The Kier molecular flexibility index (Phi) is 9.32. The maximum Gasteiger partial charge on any atom is 0.338 e. The van der Waals surface area contributed by atoms with E-state index in [2.05, 4.69) is 15.2 Å². The monoisotopic (exact) mass is 702 g/mol. The highest BCUT2D eigenvalue weighted by Gasteiger charge is 2.42. The number of anilines is 1. The van der Waals surface area contributed by atoms with Gasteiger partial charge < -0.3 is 24.8 Å². The number of nitrogens with one attached hydrogen (secondary N) is 1. The number of rotatable bonds is 9. The fourth-order valence-electron chi connectivity index (χ4n) is 6.32. The molecule has 3 aromatic carbocycles. The first-order valence-electron chi connectivity index (χ1n) is 15.6. The van der Waals surface area contributed by atoms with Crippen molar-refractivity contribution in [3.63, 3.8) is 0 Å². The summed E-state index contributed by atoms with van der Waals surface area (Å²) in [4.78, 5) is 41.9. The fraction of sp³-hybridized carbons (Fsp3) is 0.257. The van der Waals surface area contributed by atoms with Crippen molar-refractivity contribution in [3.05, 3.63) is 117 Å². The van der Waals surface area contributed by atoms with Gasteiger partial charge in [-0.05, 0) is 54.1 Å². The molecule has 252 valence electrons. The molecule has 2 unspecified atom stereocenters. The van der Waals surface area contributed by atoms with Crippen LogP contribution in [0.1, 0.15) is 22.2 Å². The summed E-state index contributed by atoms with van der Waals surface area (Å²) in [6.45, 7) is 2.45. The number of methoxy groups -OCH3 is 1. The lowest BCUT2D eigenvalue weighted by Gasteiger charge is -2.38. The predicted molar refractivity (Wildman–Crippen MR) is 184 cm³/mol. The van der Waals surface area contributed by atoms with Crippen molar-refractivity contribution in [2.45, 2.75) is 18.7 Å². The first-order valence-corrected chi connectivity index (χ1v) is 16.9. The van der Waals surface area contributed by atoms with Crippen molar-refractivity contribution in [2.75, 3.05) is 44.7 Å². The zero-order valence-electron chi connectivity index (χ0n) is 26.4. The van der Waals surface area contributed by atoms with Crippen LogP contribution in [0.4, 0.5) is 14.9 Å². The Labute approximate surface area is 290 Å². The fourth-order valence-corrected chi connectivity index (χ4v) is 7.17. The molecule has 7 rings (SSSR count). The van der Waals surface area contributed by atoms with Gasteiger partial charge in [-0.2, -0.15) is 0 Å². The van der Waals surface area contributed by atoms with Crippen LogP contribution in [-0.4, -0.2) is 83.6 Å². The van der Waals surface area contributed by atoms with Gasteiger partial charge in [-0.1, -0.05) is 29.8 Å². The van der Waals surface area contributed by atoms with E-state index in [9.17, 15) is 19.1 Å². The van der Waals surface area contributed by atoms with E-state index in [-0.39, 0.29) is 29.3 Å². The topological polar surface area (TPSA) is 120 Å². The molecule has 2 saturated heterocycles. The third kappa shape index (κ3) is 6.75. The lowest BCUT2D eigenvalue weighted by atomic mass is 9.95. The second-order valence-electron chi connectivity index (χ2n) is 11.8. The third-order valence-corrected chi connectivity index (χ3v) is 9.84. The van der Waals surface area contributed by atoms with Gasteiger partial charge in [-0.3, -0.25) is 14.8 Å². The van der Waals surface area contributed by atoms with E-state index < -0.39 is 17.8 Å². The number of benzene rings is 3. The van der Waals surface area contributed by atoms with Gasteiger partial charge in [0.25, 0.3) is 0 Å². The van der Waals surface area contributed by atoms with Crippen LogP contribution in [0.2, 0.25) is 5.02 Å². The molecule has 14 heteroatoms. The Morgan fingerprint density at radius 3 is 2.51 bits per heavy atom. The van der Waals surface area contributed by atoms with E-state index in [0.29, 0.717) is 66.3 Å². The number of carbonyl (C=O) groups excluding carboxylic acids is 2. The number of thiazole rings is 1. The van der Waals surface area contributed by atoms with Crippen molar-refractivity contribution in [2.24, 2.45) is 4.99 Å². The van der Waals surface area contributed by atoms with Crippen molar-refractivity contribution < 1.29 is 28.6 Å². The number of amidine groups is 1. The summed E-state index contributed by atoms with van der Waals surface area (Å²) in [6.07, 6.45) is 1.67. The molecule has 11 nitrogen and oxygen atoms in total. The highest BCUT2D eigenvalue weighted by Crippen LogP contribution is 2.37. The summed E-state index contributed by atoms with van der Waals surface area (Å²) in [5.74, 6) is 0.674. The van der Waals surface area contributed by atoms with E-state index in [1.54, 1.807) is 35.4 Å². The number of ether oxygens (including phenoxy) is 2. The first-order chi connectivity index (χ1) is 23.8. The van der Waals surface area contributed by atoms with Crippen LogP contribution >= 0.6 is 22.9 Å². The summed E-state index contributed by atoms with van der Waals surface area (Å²) in [5, 5.41) is 15.2. The highest BCUT2D eigenvalue weighted by molar-refractivity contribution is 7.11. The minimum absolute atomic E-state index is 0.0335. The van der Waals surface area contributed by atoms with E-state index in [1.807, 2.05) is 34.5 Å². The Balaban J connectivity index is 1.09. The SMILES string of the molecule is COC(=O)C1=C(CN2CCN3C(=O)N(c4ccc(Oc5ccc(CO)cc5)cc4)CC3C2)NC(c2nccs2)=NC1c1ccc(F)cc1Cl. The number of esters is 1. The Hall–Kier alpha value is -4.82. The molecule has 0 aliphatic carbocycles. The molecule has 0 radical (unpaired) electrons. The number of aromatic nitrogens is 1. The number of aliphatic hydroxyl groups excluding tert-OH is 1. The van der Waals surface area contributed by atoms with Crippen LogP contribution in [0.3, 0.4) is 0 Å². The van der Waals surface area contributed by atoms with Crippen LogP contribution in [0.25, 0.3) is 0 Å². The van der Waals surface area contributed by atoms with Gasteiger partial charge in [0.15, 0.2) is 10.8 Å². The minimum Gasteiger partial charge on any atom is -0.466 e. The number of hydrogen-bond acceptors (Lipinski definition) is 10. The quantitative estimate of drug-likeness (QED) is 0.224. The summed E-state index contributed by atoms with van der Waals surface area (Å²) < 4.78 is 25.2. The molecule has 0 spiro atoms. The number of aliphatic hydroxyl groups is 1. The average Bonchev–Trinajstić information content (AvgIpc) is 3.77. The Morgan fingerprint density at radius 1 is 1.08 bits per heavy atom. The summed E-state index contributed by atoms with van der Waals surface area (Å²) in [7, 11) is 1.31. The molecule has 3 aliphatic heterocycles. The zero-order valence-corrected chi connectivity index (χ0v) is 28.0. The third-order valence-electron chi connectivity index (χ3n) is 8.73. The number of nitrogens with zero attached hydrogens (tertiary/aromatic N) is 5. The molecule has 4 heterocycles. The summed E-state index contributed by atoms with van der Waals surface area (Å²) >= 11 is 7.89. The molecule has 4 aromatic rings. The number of piperazine rings is 1. The van der Waals surface area contributed by atoms with E-state index in [0.717, 1.165) is 11.3 Å². The van der Waals surface area contributed by atoms with Crippen LogP contribution in [0, 0.1) is 5.82 Å². The molecular weight excluding hydrogens is 671 g/mol. The second kappa shape index (κ2) is 14.0. The Morgan fingerprint density at radius 2 is 1.84 bits per heavy atom. The van der Waals surface area contributed by atoms with Crippen molar-refractivity contribution in [1.29, 1.82) is 0 Å². The number of hydrogen-bond donors (Lipinski definition) is 2. The summed E-state index contributed by atoms with van der Waals surface area (Å²) in [5.41, 5.74) is 2.88. The Bertz CT molecular complexity index is 1920. The van der Waals surface area contributed by atoms with Gasteiger partial charge in [0.2, 0.25) is 0 Å². The van der Waals surface area contributed by atoms with Gasteiger partial charge in [0, 0.05) is 66.3 Å². The molecular formula is C35H32ClFN6O5S. The molecule has 2 N–H and O–H groups in total. The van der Waals surface area contributed by atoms with Crippen molar-refractivity contribution in [3.8, 4) is 11.5 Å². The van der Waals surface area contributed by atoms with Gasteiger partial charge in [-0.15, -0.1) is 11.3 Å². The number of aliphatic imine (C=N–C) groups is 1. The maximum atomic E-state index is 14.0. The van der Waals surface area contributed by atoms with E-state index >= 15 is 0 Å². The van der Waals surface area contributed by atoms with Crippen LogP contribution in [0.15, 0.2) is 94.6 Å². The molecule has 2 atom stereocenters. The maximum absolute atomic E-state index is 14.0. The first kappa shape index (κ1) is 32.7. The predicted octanol–water partition coefficient (Wildman–Crippen LogP) is 5.36. The number of carbonyl (C=O) groups is 2. The molecule has 3 aliphatic rings. The second-order valence-corrected chi connectivity index (χ2v) is 13.1. The van der Waals surface area contributed by atoms with Crippen LogP contribution in [0.5, 0.6) is 11.5 Å². The number of fused-ring (bicyclic) bond motifs is 1. The lowest BCUT2D eigenvalue weighted by Crippen LogP contribution is -2.53. The standard InChI is InChI=1S/C35H32ClFN6O5S/c1-47-34(45)30-29(39-32(33-38-12-15-49-33)40-31(30)27-11-4-22(37)16-28(27)36)19-41-13-14-42-24(17-41)18-43(35(42)46)23-5-9-26(10-6-23)48-25-7-2-21(20-44)3-8-25/h2-12,15-16,24,31,44H,13-14,17-20H2,1H3,(H,39,40).